The van der Waals surface area contributed by atoms with Crippen LogP contribution in [0.3, 0.4) is 0 Å². The van der Waals surface area contributed by atoms with E-state index in [0.29, 0.717) is 18.4 Å². The zero-order valence-corrected chi connectivity index (χ0v) is 16.2. The molecule has 1 heterocycles. The molecule has 0 aliphatic heterocycles. The standard InChI is InChI=1S/C22H24N4O2/c1-26(2)14-6-13-24-22-20(15-23)25-21(28-22)18-9-11-19(12-10-18)27-16-17-7-4-3-5-8-17/h3-5,7-12,24H,6,13-14,16H2,1-2H3/p+1. The topological polar surface area (TPSA) is 75.5 Å². The minimum atomic E-state index is 0.275. The second-order valence-electron chi connectivity index (χ2n) is 6.84. The molecule has 0 atom stereocenters. The number of quaternary nitrogens is 1. The SMILES string of the molecule is C[NH+](C)CCCNc1oc(-c2ccc(OCc3ccccc3)cc2)nc1C#N. The zero-order chi connectivity index (χ0) is 19.8. The second kappa shape index (κ2) is 9.58. The molecule has 0 aliphatic rings. The van der Waals surface area contributed by atoms with Crippen LogP contribution in [0.1, 0.15) is 17.7 Å². The van der Waals surface area contributed by atoms with Crippen LogP contribution in [-0.4, -0.2) is 32.2 Å². The van der Waals surface area contributed by atoms with Crippen LogP contribution in [0.4, 0.5) is 5.88 Å². The summed E-state index contributed by atoms with van der Waals surface area (Å²) in [6, 6.07) is 19.6. The van der Waals surface area contributed by atoms with Crippen molar-refractivity contribution in [2.24, 2.45) is 0 Å². The van der Waals surface area contributed by atoms with Gasteiger partial charge in [0, 0.05) is 18.5 Å². The molecule has 3 rings (SSSR count). The second-order valence-corrected chi connectivity index (χ2v) is 6.84. The minimum Gasteiger partial charge on any atom is -0.489 e. The Labute approximate surface area is 165 Å². The maximum Gasteiger partial charge on any atom is 0.232 e. The summed E-state index contributed by atoms with van der Waals surface area (Å²) in [5.74, 6) is 1.62. The molecule has 0 aliphatic carbocycles. The first-order valence-corrected chi connectivity index (χ1v) is 9.36. The van der Waals surface area contributed by atoms with Gasteiger partial charge in [-0.3, -0.25) is 0 Å². The molecule has 0 bridgehead atoms. The molecule has 6 nitrogen and oxygen atoms in total. The number of hydrogen-bond donors (Lipinski definition) is 2. The van der Waals surface area contributed by atoms with E-state index >= 15 is 0 Å². The maximum absolute atomic E-state index is 9.31. The van der Waals surface area contributed by atoms with Crippen LogP contribution in [0.5, 0.6) is 5.75 Å². The summed E-state index contributed by atoms with van der Waals surface area (Å²) < 4.78 is 11.6. The third-order valence-corrected chi connectivity index (χ3v) is 4.22. The first-order chi connectivity index (χ1) is 13.7. The minimum absolute atomic E-state index is 0.275. The summed E-state index contributed by atoms with van der Waals surface area (Å²) >= 11 is 0. The van der Waals surface area contributed by atoms with E-state index in [1.165, 1.54) is 4.90 Å². The lowest BCUT2D eigenvalue weighted by Crippen LogP contribution is -3.05. The summed E-state index contributed by atoms with van der Waals surface area (Å²) in [6.45, 7) is 2.29. The van der Waals surface area contributed by atoms with Crippen molar-refractivity contribution in [2.75, 3.05) is 32.5 Å². The van der Waals surface area contributed by atoms with Gasteiger partial charge in [-0.05, 0) is 29.8 Å². The van der Waals surface area contributed by atoms with E-state index in [0.717, 1.165) is 36.4 Å². The number of rotatable bonds is 9. The Morgan fingerprint density at radius 3 is 2.54 bits per heavy atom. The van der Waals surface area contributed by atoms with Crippen molar-refractivity contribution >= 4 is 5.88 Å². The summed E-state index contributed by atoms with van der Waals surface area (Å²) in [4.78, 5) is 5.68. The van der Waals surface area contributed by atoms with Crippen molar-refractivity contribution in [3.05, 3.63) is 65.9 Å². The molecule has 0 unspecified atom stereocenters. The van der Waals surface area contributed by atoms with Gasteiger partial charge in [-0.15, -0.1) is 0 Å². The average molecular weight is 377 g/mol. The molecule has 1 aromatic heterocycles. The lowest BCUT2D eigenvalue weighted by Gasteiger charge is -2.07. The Morgan fingerprint density at radius 1 is 1.11 bits per heavy atom. The molecule has 144 valence electrons. The van der Waals surface area contributed by atoms with Crippen LogP contribution in [0.15, 0.2) is 59.0 Å². The third-order valence-electron chi connectivity index (χ3n) is 4.22. The predicted octanol–water partition coefficient (Wildman–Crippen LogP) is 2.74. The van der Waals surface area contributed by atoms with Crippen LogP contribution in [0.25, 0.3) is 11.5 Å². The molecule has 0 fully saturated rings. The van der Waals surface area contributed by atoms with Crippen molar-refractivity contribution in [2.45, 2.75) is 13.0 Å². The van der Waals surface area contributed by atoms with E-state index in [4.69, 9.17) is 9.15 Å². The fraction of sp³-hybridized carbons (Fsp3) is 0.273. The number of oxazole rings is 1. The first-order valence-electron chi connectivity index (χ1n) is 9.36. The van der Waals surface area contributed by atoms with Gasteiger partial charge in [0.05, 0.1) is 20.6 Å². The third kappa shape index (κ3) is 5.35. The van der Waals surface area contributed by atoms with Crippen LogP contribution >= 0.6 is 0 Å². The van der Waals surface area contributed by atoms with E-state index in [9.17, 15) is 5.26 Å². The Bertz CT molecular complexity index is 912. The molecule has 2 aromatic carbocycles. The van der Waals surface area contributed by atoms with E-state index < -0.39 is 0 Å². The van der Waals surface area contributed by atoms with Gasteiger partial charge in [-0.2, -0.15) is 10.2 Å². The molecule has 6 heteroatoms. The summed E-state index contributed by atoms with van der Waals surface area (Å²) in [7, 11) is 4.22. The van der Waals surface area contributed by atoms with E-state index in [-0.39, 0.29) is 5.69 Å². The Morgan fingerprint density at radius 2 is 1.86 bits per heavy atom. The molecular formula is C22H25N4O2+. The lowest BCUT2D eigenvalue weighted by atomic mass is 10.2. The number of benzene rings is 2. The normalized spacial score (nSPS) is 10.6. The van der Waals surface area contributed by atoms with Crippen molar-refractivity contribution in [1.29, 1.82) is 5.26 Å². The zero-order valence-electron chi connectivity index (χ0n) is 16.2. The van der Waals surface area contributed by atoms with Crippen LogP contribution in [-0.2, 0) is 6.61 Å². The molecule has 2 N–H and O–H groups in total. The van der Waals surface area contributed by atoms with Crippen molar-refractivity contribution in [3.8, 4) is 23.3 Å². The number of nitrogens with zero attached hydrogens (tertiary/aromatic N) is 2. The van der Waals surface area contributed by atoms with E-state index in [1.807, 2.05) is 54.6 Å². The van der Waals surface area contributed by atoms with Crippen molar-refractivity contribution < 1.29 is 14.1 Å². The molecule has 0 saturated carbocycles. The first kappa shape index (κ1) is 19.5. The van der Waals surface area contributed by atoms with Gasteiger partial charge in [0.25, 0.3) is 0 Å². The monoisotopic (exact) mass is 377 g/mol. The quantitative estimate of drug-likeness (QED) is 0.561. The summed E-state index contributed by atoms with van der Waals surface area (Å²) in [5.41, 5.74) is 2.19. The van der Waals surface area contributed by atoms with Gasteiger partial charge < -0.3 is 19.4 Å². The van der Waals surface area contributed by atoms with Gasteiger partial charge in [-0.1, -0.05) is 30.3 Å². The molecule has 0 amide bonds. The number of anilines is 1. The molecule has 0 saturated heterocycles. The van der Waals surface area contributed by atoms with Crippen molar-refractivity contribution in [1.82, 2.24) is 4.98 Å². The van der Waals surface area contributed by atoms with Crippen LogP contribution in [0.2, 0.25) is 0 Å². The largest absolute Gasteiger partial charge is 0.489 e. The predicted molar refractivity (Wildman–Crippen MR) is 108 cm³/mol. The Kier molecular flexibility index (Phi) is 6.66. The maximum atomic E-state index is 9.31. The highest BCUT2D eigenvalue weighted by Crippen LogP contribution is 2.27. The molecule has 0 radical (unpaired) electrons. The summed E-state index contributed by atoms with van der Waals surface area (Å²) in [6.07, 6.45) is 0.983. The average Bonchev–Trinajstić information content (AvgIpc) is 3.14. The number of nitrogens with one attached hydrogen (secondary N) is 2. The molecular weight excluding hydrogens is 352 g/mol. The number of hydrogen-bond acceptors (Lipinski definition) is 5. The Hall–Kier alpha value is -3.30. The summed E-state index contributed by atoms with van der Waals surface area (Å²) in [5, 5.41) is 12.5. The molecule has 0 spiro atoms. The lowest BCUT2D eigenvalue weighted by molar-refractivity contribution is -0.858. The van der Waals surface area contributed by atoms with Gasteiger partial charge in [0.2, 0.25) is 17.5 Å². The highest BCUT2D eigenvalue weighted by atomic mass is 16.5. The fourth-order valence-corrected chi connectivity index (χ4v) is 2.72. The van der Waals surface area contributed by atoms with Crippen LogP contribution in [0, 0.1) is 11.3 Å². The number of aromatic nitrogens is 1. The van der Waals surface area contributed by atoms with Gasteiger partial charge >= 0.3 is 0 Å². The van der Waals surface area contributed by atoms with Crippen LogP contribution < -0.4 is 15.0 Å². The van der Waals surface area contributed by atoms with E-state index in [2.05, 4.69) is 30.5 Å². The van der Waals surface area contributed by atoms with Gasteiger partial charge in [0.15, 0.2) is 0 Å². The Balaban J connectivity index is 1.62. The van der Waals surface area contributed by atoms with Gasteiger partial charge in [-0.25, -0.2) is 0 Å². The van der Waals surface area contributed by atoms with Crippen molar-refractivity contribution in [3.63, 3.8) is 0 Å². The highest BCUT2D eigenvalue weighted by Gasteiger charge is 2.14. The molecule has 3 aromatic rings. The molecule has 28 heavy (non-hydrogen) atoms. The van der Waals surface area contributed by atoms with Gasteiger partial charge in [0.1, 0.15) is 18.4 Å². The van der Waals surface area contributed by atoms with E-state index in [1.54, 1.807) is 0 Å². The highest BCUT2D eigenvalue weighted by molar-refractivity contribution is 5.59. The number of ether oxygens (including phenoxy) is 1. The fourth-order valence-electron chi connectivity index (χ4n) is 2.72. The number of nitriles is 1. The smallest absolute Gasteiger partial charge is 0.232 e.